The Morgan fingerprint density at radius 3 is 2.94 bits per heavy atom. The molecule has 0 saturated carbocycles. The first-order chi connectivity index (χ1) is 8.79. The number of benzene rings is 1. The average Bonchev–Trinajstić information content (AvgIpc) is 2.81. The van der Waals surface area contributed by atoms with Crippen LogP contribution in [0.3, 0.4) is 0 Å². The van der Waals surface area contributed by atoms with Gasteiger partial charge in [0.25, 0.3) is 0 Å². The molecule has 2 rings (SSSR count). The third kappa shape index (κ3) is 3.61. The van der Waals surface area contributed by atoms with Crippen molar-refractivity contribution < 1.29 is 5.11 Å². The highest BCUT2D eigenvalue weighted by Crippen LogP contribution is 2.26. The number of thiazole rings is 1. The number of aromatic nitrogens is 1. The van der Waals surface area contributed by atoms with Crippen LogP contribution >= 0.6 is 23.1 Å². The minimum Gasteiger partial charge on any atom is -0.384 e. The summed E-state index contributed by atoms with van der Waals surface area (Å²) in [5.74, 6) is 6.52. The van der Waals surface area contributed by atoms with Crippen LogP contribution in [0.25, 0.3) is 0 Å². The maximum absolute atomic E-state index is 8.74. The van der Waals surface area contributed by atoms with Gasteiger partial charge in [0.2, 0.25) is 0 Å². The Morgan fingerprint density at radius 1 is 1.39 bits per heavy atom. The van der Waals surface area contributed by atoms with Crippen LogP contribution in [-0.2, 0) is 5.75 Å². The predicted octanol–water partition coefficient (Wildman–Crippen LogP) is 3.09. The third-order valence-electron chi connectivity index (χ3n) is 2.27. The molecule has 2 nitrogen and oxygen atoms in total. The van der Waals surface area contributed by atoms with Gasteiger partial charge in [-0.15, -0.1) is 11.3 Å². The summed E-state index contributed by atoms with van der Waals surface area (Å²) < 4.78 is 1.08. The second kappa shape index (κ2) is 6.60. The van der Waals surface area contributed by atoms with Crippen molar-refractivity contribution in [2.45, 2.75) is 17.0 Å². The summed E-state index contributed by atoms with van der Waals surface area (Å²) in [7, 11) is 0. The van der Waals surface area contributed by atoms with E-state index in [1.54, 1.807) is 23.1 Å². The van der Waals surface area contributed by atoms with Crippen LogP contribution < -0.4 is 0 Å². The van der Waals surface area contributed by atoms with Crippen molar-refractivity contribution in [2.24, 2.45) is 0 Å². The summed E-state index contributed by atoms with van der Waals surface area (Å²) in [5.41, 5.74) is 3.22. The van der Waals surface area contributed by atoms with Crippen molar-refractivity contribution in [3.05, 3.63) is 46.5 Å². The largest absolute Gasteiger partial charge is 0.384 e. The molecule has 1 N–H and O–H groups in total. The fraction of sp³-hybridized carbons (Fsp3) is 0.214. The van der Waals surface area contributed by atoms with E-state index in [1.165, 1.54) is 5.56 Å². The molecule has 92 valence electrons. The summed E-state index contributed by atoms with van der Waals surface area (Å²) in [6.45, 7) is 1.90. The highest BCUT2D eigenvalue weighted by molar-refractivity contribution is 8.00. The van der Waals surface area contributed by atoms with Crippen molar-refractivity contribution in [3.8, 4) is 11.8 Å². The molecule has 4 heteroatoms. The maximum Gasteiger partial charge on any atom is 0.150 e. The summed E-state index contributed by atoms with van der Waals surface area (Å²) >= 11 is 3.39. The molecule has 0 saturated heterocycles. The maximum atomic E-state index is 8.74. The first-order valence-electron chi connectivity index (χ1n) is 5.52. The normalized spacial score (nSPS) is 9.89. The van der Waals surface area contributed by atoms with Crippen molar-refractivity contribution in [1.82, 2.24) is 4.98 Å². The van der Waals surface area contributed by atoms with Gasteiger partial charge < -0.3 is 5.11 Å². The van der Waals surface area contributed by atoms with Gasteiger partial charge in [0.1, 0.15) is 10.9 Å². The van der Waals surface area contributed by atoms with Crippen LogP contribution in [0.5, 0.6) is 0 Å². The zero-order valence-corrected chi connectivity index (χ0v) is 11.6. The highest BCUT2D eigenvalue weighted by Gasteiger charge is 2.03. The molecule has 0 aliphatic heterocycles. The molecule has 0 aliphatic carbocycles. The van der Waals surface area contributed by atoms with E-state index >= 15 is 0 Å². The fourth-order valence-corrected chi connectivity index (χ4v) is 3.29. The zero-order valence-electron chi connectivity index (χ0n) is 10.0. The van der Waals surface area contributed by atoms with Gasteiger partial charge in [-0.05, 0) is 18.6 Å². The average molecular weight is 275 g/mol. The summed E-state index contributed by atoms with van der Waals surface area (Å²) in [6, 6.07) is 8.01. The topological polar surface area (TPSA) is 33.1 Å². The van der Waals surface area contributed by atoms with E-state index in [2.05, 4.69) is 28.3 Å². The summed E-state index contributed by atoms with van der Waals surface area (Å²) in [5, 5.41) is 10.8. The first-order valence-corrected chi connectivity index (χ1v) is 7.38. The van der Waals surface area contributed by atoms with Crippen LogP contribution in [0.15, 0.2) is 34.0 Å². The van der Waals surface area contributed by atoms with E-state index in [9.17, 15) is 0 Å². The van der Waals surface area contributed by atoms with Crippen molar-refractivity contribution >= 4 is 23.1 Å². The molecule has 0 radical (unpaired) electrons. The molecule has 1 aromatic carbocycles. The number of nitrogens with zero attached hydrogens (tertiary/aromatic N) is 1. The lowest BCUT2D eigenvalue weighted by Crippen LogP contribution is -1.87. The number of aryl methyl sites for hydroxylation is 1. The molecule has 0 spiro atoms. The number of hydrogen-bond donors (Lipinski definition) is 1. The van der Waals surface area contributed by atoms with E-state index in [1.807, 2.05) is 25.1 Å². The lowest BCUT2D eigenvalue weighted by Gasteiger charge is -2.02. The second-order valence-electron chi connectivity index (χ2n) is 3.66. The molecule has 0 amide bonds. The van der Waals surface area contributed by atoms with Gasteiger partial charge >= 0.3 is 0 Å². The SMILES string of the molecule is Cc1csc(SCc2ccccc2C#CCO)n1. The van der Waals surface area contributed by atoms with Crippen LogP contribution in [0, 0.1) is 18.8 Å². The Kier molecular flexibility index (Phi) is 4.82. The number of aliphatic hydroxyl groups excluding tert-OH is 1. The Bertz CT molecular complexity index is 581. The molecular formula is C14H13NOS2. The van der Waals surface area contributed by atoms with Crippen molar-refractivity contribution in [3.63, 3.8) is 0 Å². The number of aliphatic hydroxyl groups is 1. The fourth-order valence-electron chi connectivity index (χ4n) is 1.44. The van der Waals surface area contributed by atoms with Gasteiger partial charge in [-0.1, -0.05) is 41.8 Å². The monoisotopic (exact) mass is 275 g/mol. The zero-order chi connectivity index (χ0) is 12.8. The lowest BCUT2D eigenvalue weighted by atomic mass is 10.1. The number of thioether (sulfide) groups is 1. The first kappa shape index (κ1) is 13.2. The van der Waals surface area contributed by atoms with E-state index in [-0.39, 0.29) is 6.61 Å². The second-order valence-corrected chi connectivity index (χ2v) is 5.74. The van der Waals surface area contributed by atoms with E-state index in [0.717, 1.165) is 21.3 Å². The van der Waals surface area contributed by atoms with E-state index in [4.69, 9.17) is 5.11 Å². The molecule has 0 aliphatic rings. The summed E-state index contributed by atoms with van der Waals surface area (Å²) in [4.78, 5) is 4.42. The molecule has 0 fully saturated rings. The molecule has 0 unspecified atom stereocenters. The van der Waals surface area contributed by atoms with Crippen molar-refractivity contribution in [2.75, 3.05) is 6.61 Å². The standard InChI is InChI=1S/C14H13NOS2/c1-11-9-17-14(15-11)18-10-13-6-3-2-5-12(13)7-4-8-16/h2-3,5-6,9,16H,8,10H2,1H3. The Balaban J connectivity index is 2.09. The van der Waals surface area contributed by atoms with E-state index < -0.39 is 0 Å². The molecular weight excluding hydrogens is 262 g/mol. The van der Waals surface area contributed by atoms with Crippen molar-refractivity contribution in [1.29, 1.82) is 0 Å². The highest BCUT2D eigenvalue weighted by atomic mass is 32.2. The third-order valence-corrected chi connectivity index (χ3v) is 4.46. The van der Waals surface area contributed by atoms with Crippen LogP contribution in [0.1, 0.15) is 16.8 Å². The van der Waals surface area contributed by atoms with Crippen LogP contribution in [0.2, 0.25) is 0 Å². The molecule has 0 atom stereocenters. The van der Waals surface area contributed by atoms with E-state index in [0.29, 0.717) is 0 Å². The van der Waals surface area contributed by atoms with Gasteiger partial charge in [-0.2, -0.15) is 0 Å². The van der Waals surface area contributed by atoms with Crippen LogP contribution in [0.4, 0.5) is 0 Å². The molecule has 1 heterocycles. The Morgan fingerprint density at radius 2 is 2.22 bits per heavy atom. The molecule has 2 aromatic rings. The quantitative estimate of drug-likeness (QED) is 0.690. The molecule has 0 bridgehead atoms. The van der Waals surface area contributed by atoms with Gasteiger partial charge in [0, 0.05) is 22.4 Å². The van der Waals surface area contributed by atoms with Gasteiger partial charge in [0.05, 0.1) is 0 Å². The minimum absolute atomic E-state index is 0.104. The molecule has 1 aromatic heterocycles. The van der Waals surface area contributed by atoms with Gasteiger partial charge in [-0.25, -0.2) is 4.98 Å². The predicted molar refractivity (Wildman–Crippen MR) is 76.8 cm³/mol. The Labute approximate surface area is 115 Å². The minimum atomic E-state index is -0.104. The lowest BCUT2D eigenvalue weighted by molar-refractivity contribution is 0.350. The smallest absolute Gasteiger partial charge is 0.150 e. The summed E-state index contributed by atoms with van der Waals surface area (Å²) in [6.07, 6.45) is 0. The Hall–Kier alpha value is -1.28. The number of rotatable bonds is 3. The molecule has 18 heavy (non-hydrogen) atoms. The van der Waals surface area contributed by atoms with Gasteiger partial charge in [-0.3, -0.25) is 0 Å². The van der Waals surface area contributed by atoms with Gasteiger partial charge in [0.15, 0.2) is 0 Å². The van der Waals surface area contributed by atoms with Crippen LogP contribution in [-0.4, -0.2) is 16.7 Å². The number of hydrogen-bond acceptors (Lipinski definition) is 4.